The summed E-state index contributed by atoms with van der Waals surface area (Å²) in [5.74, 6) is -0.766. The Bertz CT molecular complexity index is 640. The normalized spacial score (nSPS) is 10.2. The molecular weight excluding hydrogens is 244 g/mol. The van der Waals surface area contributed by atoms with Crippen molar-refractivity contribution < 1.29 is 9.59 Å². The quantitative estimate of drug-likeness (QED) is 0.700. The molecule has 1 heterocycles. The first-order valence-electron chi connectivity index (χ1n) is 5.86. The Balaban J connectivity index is 2.27. The molecule has 0 saturated heterocycles. The summed E-state index contributed by atoms with van der Waals surface area (Å²) in [6, 6.07) is 7.27. The van der Waals surface area contributed by atoms with E-state index in [9.17, 15) is 9.59 Å². The number of nitrogen functional groups attached to an aromatic ring is 1. The number of hydrazine groups is 1. The van der Waals surface area contributed by atoms with E-state index in [0.29, 0.717) is 16.6 Å². The lowest BCUT2D eigenvalue weighted by Crippen LogP contribution is -2.41. The first-order valence-corrected chi connectivity index (χ1v) is 5.86. The lowest BCUT2D eigenvalue weighted by molar-refractivity contribution is -0.121. The average molecular weight is 258 g/mol. The maximum absolute atomic E-state index is 11.9. The number of aromatic nitrogens is 1. The molecule has 0 aliphatic carbocycles. The highest BCUT2D eigenvalue weighted by Crippen LogP contribution is 2.22. The number of para-hydroxylation sites is 1. The molecule has 0 bridgehead atoms. The van der Waals surface area contributed by atoms with Crippen molar-refractivity contribution in [2.45, 2.75) is 13.3 Å². The minimum absolute atomic E-state index is 0.232. The molecule has 0 saturated carbocycles. The second kappa shape index (κ2) is 5.34. The van der Waals surface area contributed by atoms with Crippen molar-refractivity contribution in [3.8, 4) is 0 Å². The largest absolute Gasteiger partial charge is 0.397 e. The molecule has 0 atom stereocenters. The number of rotatable bonds is 2. The molecule has 6 nitrogen and oxygen atoms in total. The second-order valence-electron chi connectivity index (χ2n) is 3.96. The van der Waals surface area contributed by atoms with E-state index in [1.807, 2.05) is 18.2 Å². The first kappa shape index (κ1) is 12.8. The Morgan fingerprint density at radius 1 is 1.26 bits per heavy atom. The van der Waals surface area contributed by atoms with Crippen molar-refractivity contribution in [1.82, 2.24) is 15.8 Å². The van der Waals surface area contributed by atoms with Gasteiger partial charge in [0.1, 0.15) is 0 Å². The third-order valence-corrected chi connectivity index (χ3v) is 2.70. The van der Waals surface area contributed by atoms with Crippen LogP contribution in [0.25, 0.3) is 10.9 Å². The smallest absolute Gasteiger partial charge is 0.273 e. The molecule has 0 aliphatic heterocycles. The third kappa shape index (κ3) is 2.62. The second-order valence-corrected chi connectivity index (χ2v) is 3.96. The van der Waals surface area contributed by atoms with E-state index in [1.165, 1.54) is 6.20 Å². The fourth-order valence-electron chi connectivity index (χ4n) is 1.63. The van der Waals surface area contributed by atoms with Gasteiger partial charge in [-0.3, -0.25) is 25.4 Å². The number of carbonyl (C=O) groups is 2. The van der Waals surface area contributed by atoms with Crippen LogP contribution in [0.1, 0.15) is 23.7 Å². The zero-order valence-corrected chi connectivity index (χ0v) is 10.4. The number of amides is 2. The molecule has 2 aromatic rings. The fourth-order valence-corrected chi connectivity index (χ4v) is 1.63. The molecule has 4 N–H and O–H groups in total. The van der Waals surface area contributed by atoms with Gasteiger partial charge in [0.25, 0.3) is 5.91 Å². The highest BCUT2D eigenvalue weighted by Gasteiger charge is 2.13. The molecule has 98 valence electrons. The van der Waals surface area contributed by atoms with Crippen LogP contribution in [0, 0.1) is 0 Å². The van der Waals surface area contributed by atoms with Gasteiger partial charge in [-0.15, -0.1) is 0 Å². The molecule has 0 spiro atoms. The van der Waals surface area contributed by atoms with Gasteiger partial charge in [-0.05, 0) is 6.07 Å². The van der Waals surface area contributed by atoms with Crippen LogP contribution in [0.3, 0.4) is 0 Å². The minimum Gasteiger partial charge on any atom is -0.397 e. The number of nitrogens with zero attached hydrogens (tertiary/aromatic N) is 1. The van der Waals surface area contributed by atoms with Gasteiger partial charge in [0.15, 0.2) is 0 Å². The van der Waals surface area contributed by atoms with Crippen LogP contribution in [0.2, 0.25) is 0 Å². The summed E-state index contributed by atoms with van der Waals surface area (Å²) in [4.78, 5) is 27.1. The predicted molar refractivity (Wildman–Crippen MR) is 72.1 cm³/mol. The third-order valence-electron chi connectivity index (χ3n) is 2.70. The van der Waals surface area contributed by atoms with Crippen LogP contribution in [0.5, 0.6) is 0 Å². The van der Waals surface area contributed by atoms with E-state index in [4.69, 9.17) is 5.73 Å². The summed E-state index contributed by atoms with van der Waals surface area (Å²) in [5, 5.41) is 0.706. The Hall–Kier alpha value is -2.63. The van der Waals surface area contributed by atoms with E-state index < -0.39 is 5.91 Å². The number of fused-ring (bicyclic) bond motifs is 1. The highest BCUT2D eigenvalue weighted by molar-refractivity contribution is 6.06. The molecule has 0 aliphatic rings. The van der Waals surface area contributed by atoms with Crippen LogP contribution in [-0.4, -0.2) is 16.8 Å². The first-order chi connectivity index (χ1) is 9.13. The summed E-state index contributed by atoms with van der Waals surface area (Å²) < 4.78 is 0. The molecule has 2 rings (SSSR count). The molecule has 19 heavy (non-hydrogen) atoms. The van der Waals surface area contributed by atoms with Gasteiger partial charge >= 0.3 is 0 Å². The maximum Gasteiger partial charge on any atom is 0.273 e. The molecule has 1 aromatic heterocycles. The lowest BCUT2D eigenvalue weighted by atomic mass is 10.1. The summed E-state index contributed by atoms with van der Waals surface area (Å²) in [7, 11) is 0. The number of pyridine rings is 1. The molecular formula is C13H14N4O2. The van der Waals surface area contributed by atoms with Crippen LogP contribution in [0.15, 0.2) is 30.5 Å². The van der Waals surface area contributed by atoms with Gasteiger partial charge in [-0.2, -0.15) is 0 Å². The molecule has 0 fully saturated rings. The number of hydrogen-bond acceptors (Lipinski definition) is 4. The van der Waals surface area contributed by atoms with Crippen LogP contribution >= 0.6 is 0 Å². The Morgan fingerprint density at radius 2 is 2.00 bits per heavy atom. The maximum atomic E-state index is 11.9. The van der Waals surface area contributed by atoms with Crippen LogP contribution in [0.4, 0.5) is 5.69 Å². The van der Waals surface area contributed by atoms with Crippen molar-refractivity contribution >= 4 is 28.4 Å². The summed E-state index contributed by atoms with van der Waals surface area (Å²) in [5.41, 5.74) is 11.8. The van der Waals surface area contributed by atoms with Crippen molar-refractivity contribution in [1.29, 1.82) is 0 Å². The summed E-state index contributed by atoms with van der Waals surface area (Å²) in [6.07, 6.45) is 1.68. The van der Waals surface area contributed by atoms with Gasteiger partial charge in [0, 0.05) is 18.0 Å². The highest BCUT2D eigenvalue weighted by atomic mass is 16.2. The Morgan fingerprint density at radius 3 is 2.74 bits per heavy atom. The number of nitrogens with one attached hydrogen (secondary N) is 2. The zero-order chi connectivity index (χ0) is 13.8. The monoisotopic (exact) mass is 258 g/mol. The van der Waals surface area contributed by atoms with Gasteiger partial charge in [-0.25, -0.2) is 0 Å². The van der Waals surface area contributed by atoms with Crippen molar-refractivity contribution in [2.24, 2.45) is 0 Å². The average Bonchev–Trinajstić information content (AvgIpc) is 2.45. The number of benzene rings is 1. The topological polar surface area (TPSA) is 97.1 Å². The van der Waals surface area contributed by atoms with Gasteiger partial charge in [-0.1, -0.05) is 25.1 Å². The van der Waals surface area contributed by atoms with Crippen LogP contribution < -0.4 is 16.6 Å². The van der Waals surface area contributed by atoms with Crippen molar-refractivity contribution in [3.05, 3.63) is 36.0 Å². The van der Waals surface area contributed by atoms with E-state index in [2.05, 4.69) is 15.8 Å². The SMILES string of the molecule is CCC(=O)NNC(=O)c1cnc2ccccc2c1N. The Kier molecular flexibility index (Phi) is 3.61. The van der Waals surface area contributed by atoms with E-state index in [0.717, 1.165) is 0 Å². The molecule has 2 amide bonds. The van der Waals surface area contributed by atoms with Crippen LogP contribution in [-0.2, 0) is 4.79 Å². The van der Waals surface area contributed by atoms with Gasteiger partial charge in [0.05, 0.1) is 16.8 Å². The van der Waals surface area contributed by atoms with E-state index >= 15 is 0 Å². The molecule has 1 aromatic carbocycles. The predicted octanol–water partition coefficient (Wildman–Crippen LogP) is 0.988. The Labute approximate surface area is 110 Å². The van der Waals surface area contributed by atoms with E-state index in [-0.39, 0.29) is 17.9 Å². The molecule has 0 radical (unpaired) electrons. The number of hydrogen-bond donors (Lipinski definition) is 3. The summed E-state index contributed by atoms with van der Waals surface area (Å²) in [6.45, 7) is 1.69. The minimum atomic E-state index is -0.488. The van der Waals surface area contributed by atoms with Crippen molar-refractivity contribution in [2.75, 3.05) is 5.73 Å². The lowest BCUT2D eigenvalue weighted by Gasteiger charge is -2.09. The van der Waals surface area contributed by atoms with Crippen molar-refractivity contribution in [3.63, 3.8) is 0 Å². The number of carbonyl (C=O) groups excluding carboxylic acids is 2. The van der Waals surface area contributed by atoms with Gasteiger partial charge in [0.2, 0.25) is 5.91 Å². The molecule has 0 unspecified atom stereocenters. The summed E-state index contributed by atoms with van der Waals surface area (Å²) >= 11 is 0. The molecule has 6 heteroatoms. The number of anilines is 1. The number of nitrogens with two attached hydrogens (primary N) is 1. The zero-order valence-electron chi connectivity index (χ0n) is 10.4. The standard InChI is InChI=1S/C13H14N4O2/c1-2-11(18)16-17-13(19)9-7-15-10-6-4-3-5-8(10)12(9)14/h3-7H,2H2,1H3,(H2,14,15)(H,16,18)(H,17,19). The van der Waals surface area contributed by atoms with Gasteiger partial charge < -0.3 is 5.73 Å². The fraction of sp³-hybridized carbons (Fsp3) is 0.154. The van der Waals surface area contributed by atoms with E-state index in [1.54, 1.807) is 13.0 Å².